The van der Waals surface area contributed by atoms with E-state index in [1.807, 2.05) is 0 Å². The van der Waals surface area contributed by atoms with Gasteiger partial charge in [0.15, 0.2) is 5.90 Å². The van der Waals surface area contributed by atoms with Crippen LogP contribution in [0.2, 0.25) is 0 Å². The fraction of sp³-hybridized carbons (Fsp3) is 0.917. The van der Waals surface area contributed by atoms with Crippen LogP contribution in [0.25, 0.3) is 0 Å². The largest absolute Gasteiger partial charge is 0.478 e. The molecule has 1 atom stereocenters. The molecule has 1 aliphatic rings. The lowest BCUT2D eigenvalue weighted by Crippen LogP contribution is -2.25. The van der Waals surface area contributed by atoms with Crippen LogP contribution in [0.5, 0.6) is 0 Å². The Balaban J connectivity index is 2.69. The Morgan fingerprint density at radius 2 is 1.89 bits per heavy atom. The van der Waals surface area contributed by atoms with Gasteiger partial charge < -0.3 is 13.8 Å². The van der Waals surface area contributed by atoms with Gasteiger partial charge in [-0.05, 0) is 19.3 Å². The molecule has 0 radical (unpaired) electrons. The van der Waals surface area contributed by atoms with Gasteiger partial charge in [-0.15, -0.1) is 0 Å². The molecule has 0 saturated heterocycles. The number of aliphatic imine (C=N–C) groups is 1. The highest BCUT2D eigenvalue weighted by Crippen LogP contribution is 2.48. The van der Waals surface area contributed by atoms with Crippen molar-refractivity contribution < 1.29 is 18.3 Å². The summed E-state index contributed by atoms with van der Waals surface area (Å²) in [5.74, 6) is 0.486. The van der Waals surface area contributed by atoms with Crippen molar-refractivity contribution in [2.45, 2.75) is 40.7 Å². The van der Waals surface area contributed by atoms with Gasteiger partial charge in [0.25, 0.3) is 0 Å². The first-order valence-corrected chi connectivity index (χ1v) is 8.11. The van der Waals surface area contributed by atoms with Crippen molar-refractivity contribution in [3.8, 4) is 0 Å². The third-order valence-corrected chi connectivity index (χ3v) is 4.65. The molecule has 1 heterocycles. The van der Waals surface area contributed by atoms with Crippen LogP contribution in [-0.4, -0.2) is 37.9 Å². The maximum Gasteiger partial charge on any atom is 0.339 e. The van der Waals surface area contributed by atoms with Gasteiger partial charge in [0.05, 0.1) is 19.3 Å². The Morgan fingerprint density at radius 3 is 2.28 bits per heavy atom. The number of hydrogen-bond acceptors (Lipinski definition) is 5. The van der Waals surface area contributed by atoms with E-state index >= 15 is 0 Å². The predicted molar refractivity (Wildman–Crippen MR) is 72.4 cm³/mol. The molecule has 0 spiro atoms. The minimum atomic E-state index is -3.10. The summed E-state index contributed by atoms with van der Waals surface area (Å²) in [5, 5.41) is 0. The highest BCUT2D eigenvalue weighted by molar-refractivity contribution is 7.54. The summed E-state index contributed by atoms with van der Waals surface area (Å²) >= 11 is 0. The van der Waals surface area contributed by atoms with Gasteiger partial charge in [-0.1, -0.05) is 20.8 Å². The van der Waals surface area contributed by atoms with E-state index in [1.165, 1.54) is 0 Å². The van der Waals surface area contributed by atoms with Crippen LogP contribution in [0.15, 0.2) is 4.99 Å². The minimum Gasteiger partial charge on any atom is -0.478 e. The zero-order valence-electron chi connectivity index (χ0n) is 11.9. The highest BCUT2D eigenvalue weighted by Gasteiger charge is 2.34. The molecule has 0 aromatic rings. The highest BCUT2D eigenvalue weighted by atomic mass is 31.2. The van der Waals surface area contributed by atoms with E-state index in [1.54, 1.807) is 13.8 Å². The molecule has 106 valence electrons. The third kappa shape index (κ3) is 4.38. The van der Waals surface area contributed by atoms with Gasteiger partial charge >= 0.3 is 7.60 Å². The summed E-state index contributed by atoms with van der Waals surface area (Å²) < 4.78 is 28.3. The summed E-state index contributed by atoms with van der Waals surface area (Å²) in [7, 11) is -3.10. The van der Waals surface area contributed by atoms with Crippen LogP contribution in [0.4, 0.5) is 0 Å². The molecular formula is C12H24NO4P. The molecule has 0 aromatic carbocycles. The molecule has 1 rings (SSSR count). The van der Waals surface area contributed by atoms with Crippen LogP contribution < -0.4 is 0 Å². The van der Waals surface area contributed by atoms with E-state index in [2.05, 4.69) is 25.8 Å². The molecule has 6 heteroatoms. The maximum absolute atomic E-state index is 12.3. The monoisotopic (exact) mass is 277 g/mol. The smallest absolute Gasteiger partial charge is 0.339 e. The molecule has 0 fully saturated rings. The second-order valence-electron chi connectivity index (χ2n) is 5.32. The molecule has 5 nitrogen and oxygen atoms in total. The van der Waals surface area contributed by atoms with E-state index in [9.17, 15) is 4.57 Å². The number of hydrogen-bond donors (Lipinski definition) is 0. The quantitative estimate of drug-likeness (QED) is 0.700. The fourth-order valence-electron chi connectivity index (χ4n) is 1.64. The fourth-order valence-corrected chi connectivity index (χ4v) is 3.19. The Morgan fingerprint density at radius 1 is 1.33 bits per heavy atom. The average Bonchev–Trinajstić information content (AvgIpc) is 2.65. The van der Waals surface area contributed by atoms with Crippen molar-refractivity contribution >= 4 is 13.5 Å². The lowest BCUT2D eigenvalue weighted by Gasteiger charge is -2.21. The predicted octanol–water partition coefficient (Wildman–Crippen LogP) is 3.10. The van der Waals surface area contributed by atoms with Crippen molar-refractivity contribution in [3.63, 3.8) is 0 Å². The van der Waals surface area contributed by atoms with E-state index in [-0.39, 0.29) is 17.6 Å². The van der Waals surface area contributed by atoms with Crippen LogP contribution in [0, 0.1) is 5.41 Å². The first kappa shape index (κ1) is 15.7. The van der Waals surface area contributed by atoms with Crippen molar-refractivity contribution in [3.05, 3.63) is 0 Å². The normalized spacial score (nSPS) is 20.7. The number of ether oxygens (including phenoxy) is 1. The molecule has 0 unspecified atom stereocenters. The summed E-state index contributed by atoms with van der Waals surface area (Å²) in [5.41, 5.74) is 0.0446. The molecule has 18 heavy (non-hydrogen) atoms. The molecule has 1 aliphatic heterocycles. The van der Waals surface area contributed by atoms with Gasteiger partial charge in [0.2, 0.25) is 0 Å². The molecule has 0 saturated carbocycles. The molecule has 0 aliphatic carbocycles. The van der Waals surface area contributed by atoms with Crippen LogP contribution in [0.1, 0.15) is 34.6 Å². The van der Waals surface area contributed by atoms with Gasteiger partial charge in [0, 0.05) is 0 Å². The first-order chi connectivity index (χ1) is 8.30. The summed E-state index contributed by atoms with van der Waals surface area (Å²) in [4.78, 5) is 4.47. The Kier molecular flexibility index (Phi) is 5.38. The zero-order chi connectivity index (χ0) is 13.8. The second kappa shape index (κ2) is 6.18. The SMILES string of the molecule is CCOP(=O)(CC1=N[C@@H](C(C)(C)C)CO1)OCC. The average molecular weight is 277 g/mol. The minimum absolute atomic E-state index is 0.0446. The van der Waals surface area contributed by atoms with E-state index in [0.29, 0.717) is 25.7 Å². The van der Waals surface area contributed by atoms with Gasteiger partial charge in [-0.3, -0.25) is 4.57 Å². The Bertz CT molecular complexity index is 338. The van der Waals surface area contributed by atoms with E-state index < -0.39 is 7.60 Å². The van der Waals surface area contributed by atoms with Crippen molar-refractivity contribution in [2.24, 2.45) is 10.4 Å². The van der Waals surface area contributed by atoms with Gasteiger partial charge in [-0.25, -0.2) is 4.99 Å². The second-order valence-corrected chi connectivity index (χ2v) is 7.37. The van der Waals surface area contributed by atoms with Crippen LogP contribution >= 0.6 is 7.60 Å². The van der Waals surface area contributed by atoms with E-state index in [4.69, 9.17) is 13.8 Å². The topological polar surface area (TPSA) is 57.1 Å². The molecule has 0 amide bonds. The standard InChI is InChI=1S/C12H24NO4P/c1-6-16-18(14,17-7-2)9-11-13-10(8-15-11)12(3,4)5/h10H,6-9H2,1-5H3/t10-/m1/s1. The van der Waals surface area contributed by atoms with Crippen LogP contribution in [0.3, 0.4) is 0 Å². The van der Waals surface area contributed by atoms with E-state index in [0.717, 1.165) is 0 Å². The molecule has 0 N–H and O–H groups in total. The molecule has 0 bridgehead atoms. The lowest BCUT2D eigenvalue weighted by molar-refractivity contribution is 0.218. The molecular weight excluding hydrogens is 253 g/mol. The Labute approximate surface area is 109 Å². The summed E-state index contributed by atoms with van der Waals surface area (Å²) in [6, 6.07) is 0.101. The maximum atomic E-state index is 12.3. The number of nitrogens with zero attached hydrogens (tertiary/aromatic N) is 1. The van der Waals surface area contributed by atoms with Crippen molar-refractivity contribution in [2.75, 3.05) is 26.0 Å². The van der Waals surface area contributed by atoms with Crippen molar-refractivity contribution in [1.29, 1.82) is 0 Å². The lowest BCUT2D eigenvalue weighted by atomic mass is 9.88. The summed E-state index contributed by atoms with van der Waals surface area (Å²) in [6.07, 6.45) is 0.126. The van der Waals surface area contributed by atoms with Crippen molar-refractivity contribution in [1.82, 2.24) is 0 Å². The van der Waals surface area contributed by atoms with Gasteiger partial charge in [0.1, 0.15) is 12.8 Å². The first-order valence-electron chi connectivity index (χ1n) is 6.38. The third-order valence-electron chi connectivity index (χ3n) is 2.69. The summed E-state index contributed by atoms with van der Waals surface area (Å²) in [6.45, 7) is 11.2. The Hall–Kier alpha value is -0.380. The molecule has 0 aromatic heterocycles. The zero-order valence-corrected chi connectivity index (χ0v) is 12.8. The van der Waals surface area contributed by atoms with Gasteiger partial charge in [-0.2, -0.15) is 0 Å². The number of rotatable bonds is 6. The van der Waals surface area contributed by atoms with Crippen LogP contribution in [-0.2, 0) is 18.3 Å².